The first-order valence-corrected chi connectivity index (χ1v) is 49.0. The van der Waals surface area contributed by atoms with E-state index in [1.54, 1.807) is 74.5 Å². The Bertz CT molecular complexity index is 4980. The van der Waals surface area contributed by atoms with Crippen molar-refractivity contribution >= 4 is 129 Å². The second-order valence-electron chi connectivity index (χ2n) is 34.6. The zero-order valence-electron chi connectivity index (χ0n) is 73.2. The third kappa shape index (κ3) is 22.9. The van der Waals surface area contributed by atoms with E-state index in [9.17, 15) is 28.8 Å². The number of amides is 14. The third-order valence-electron chi connectivity index (χ3n) is 24.2. The van der Waals surface area contributed by atoms with Crippen molar-refractivity contribution in [2.24, 2.45) is 11.7 Å². The lowest BCUT2D eigenvalue weighted by atomic mass is 9.98. The number of ether oxygens (including phenoxy) is 2. The van der Waals surface area contributed by atoms with E-state index in [1.807, 2.05) is 97.1 Å². The maximum atomic E-state index is 16.4. The fraction of sp³-hybridized carbons (Fsp3) is 0.462. The van der Waals surface area contributed by atoms with E-state index < -0.39 is 185 Å². The number of benzene rings is 6. The van der Waals surface area contributed by atoms with Crippen LogP contribution in [0.1, 0.15) is 188 Å². The lowest BCUT2D eigenvalue weighted by Crippen LogP contribution is -2.64. The van der Waals surface area contributed by atoms with Crippen LogP contribution in [0.5, 0.6) is 0 Å². The molecule has 2 saturated carbocycles. The Kier molecular flexibility index (Phi) is 32.4. The average Bonchev–Trinajstić information content (AvgIpc) is 1.74. The zero-order valence-corrected chi connectivity index (χ0v) is 76.6. The maximum Gasteiger partial charge on any atom is 0.417 e. The molecule has 4 aliphatic rings. The molecule has 0 bridgehead atoms. The van der Waals surface area contributed by atoms with Crippen LogP contribution in [-0.4, -0.2) is 195 Å². The van der Waals surface area contributed by atoms with Gasteiger partial charge in [0.1, 0.15) is 78.7 Å². The summed E-state index contributed by atoms with van der Waals surface area (Å²) >= 11 is 13.9. The molecule has 28 nitrogen and oxygen atoms in total. The topological polar surface area (TPSA) is 398 Å². The van der Waals surface area contributed by atoms with Gasteiger partial charge in [-0.15, -0.1) is 0 Å². The quantitative estimate of drug-likeness (QED) is 0.0166. The molecule has 0 unspecified atom stereocenters. The molecule has 125 heavy (non-hydrogen) atoms. The van der Waals surface area contributed by atoms with E-state index in [-0.39, 0.29) is 30.7 Å². The van der Waals surface area contributed by atoms with Crippen molar-refractivity contribution in [1.82, 2.24) is 57.7 Å². The number of rotatable bonds is 35. The van der Waals surface area contributed by atoms with E-state index >= 15 is 38.4 Å². The Hall–Kier alpha value is -10.8. The minimum absolute atomic E-state index is 0.0642. The monoisotopic (exact) mass is 1780 g/mol. The second kappa shape index (κ2) is 42.0. The smallest absolute Gasteiger partial charge is 0.417 e. The predicted octanol–water partition coefficient (Wildman–Crippen LogP) is 9.02. The second-order valence-corrected chi connectivity index (χ2v) is 45.0. The molecule has 9 atom stereocenters. The van der Waals surface area contributed by atoms with Crippen LogP contribution in [0.15, 0.2) is 158 Å². The summed E-state index contributed by atoms with van der Waals surface area (Å²) in [6.45, 7) is 17.3. The minimum Gasteiger partial charge on any atom is -0.448 e. The third-order valence-corrected chi connectivity index (χ3v) is 35.7. The van der Waals surface area contributed by atoms with Crippen LogP contribution in [0.25, 0.3) is 22.3 Å². The van der Waals surface area contributed by atoms with Gasteiger partial charge in [0.15, 0.2) is 0 Å². The van der Waals surface area contributed by atoms with E-state index in [0.717, 1.165) is 109 Å². The molecular weight excluding hydrogens is 1670 g/mol. The first-order valence-electron chi connectivity index (χ1n) is 42.9. The average molecular weight is 1790 g/mol. The molecule has 14 amide bonds. The van der Waals surface area contributed by atoms with Crippen molar-refractivity contribution in [2.75, 3.05) is 25.5 Å². The zero-order chi connectivity index (χ0) is 91.2. The molecule has 2 fully saturated rings. The summed E-state index contributed by atoms with van der Waals surface area (Å²) in [5.41, 5.74) is 8.72. The molecule has 0 heterocycles. The van der Waals surface area contributed by atoms with Gasteiger partial charge in [-0.3, -0.25) is 57.5 Å². The lowest BCUT2D eigenvalue weighted by molar-refractivity contribution is -0.143. The molecule has 0 aliphatic heterocycles. The first kappa shape index (κ1) is 96.4. The highest BCUT2D eigenvalue weighted by Gasteiger charge is 2.50. The van der Waals surface area contributed by atoms with Gasteiger partial charge in [-0.25, -0.2) is 19.4 Å². The maximum absolute atomic E-state index is 16.4. The highest BCUT2D eigenvalue weighted by molar-refractivity contribution is 8.22. The summed E-state index contributed by atoms with van der Waals surface area (Å²) in [7, 11) is 0. The van der Waals surface area contributed by atoms with Gasteiger partial charge in [0.2, 0.25) is 59.1 Å². The Morgan fingerprint density at radius 1 is 0.400 bits per heavy atom. The largest absolute Gasteiger partial charge is 0.448 e. The van der Waals surface area contributed by atoms with Gasteiger partial charge < -0.3 is 63.1 Å². The van der Waals surface area contributed by atoms with Crippen LogP contribution in [0.4, 0.5) is 9.59 Å². The predicted molar refractivity (Wildman–Crippen MR) is 487 cm³/mol. The first-order chi connectivity index (χ1) is 59.2. The Labute approximate surface area is 741 Å². The van der Waals surface area contributed by atoms with E-state index in [1.165, 1.54) is 76.2 Å². The summed E-state index contributed by atoms with van der Waals surface area (Å²) in [6.07, 6.45) is 5.07. The normalized spacial score (nSPS) is 16.4. The van der Waals surface area contributed by atoms with Crippen LogP contribution in [0, 0.1) is 5.92 Å². The fourth-order valence-electron chi connectivity index (χ4n) is 17.0. The highest BCUT2D eigenvalue weighted by atomic mass is 32.4. The van der Waals surface area contributed by atoms with Crippen molar-refractivity contribution in [3.63, 3.8) is 0 Å². The summed E-state index contributed by atoms with van der Waals surface area (Å²) < 4.78 is 12.7. The number of primary amides is 1. The number of nitrogens with two attached hydrogens (primary N) is 1. The molecule has 6 aromatic carbocycles. The van der Waals surface area contributed by atoms with Crippen molar-refractivity contribution in [2.45, 2.75) is 243 Å². The fourth-order valence-corrected chi connectivity index (χ4v) is 27.2. The van der Waals surface area contributed by atoms with Gasteiger partial charge in [0.25, 0.3) is 11.8 Å². The molecular formula is C93H118N12O16P2S2. The van der Waals surface area contributed by atoms with Crippen LogP contribution in [0.3, 0.4) is 0 Å². The van der Waals surface area contributed by atoms with Gasteiger partial charge in [-0.05, 0) is 173 Å². The number of hydrogen-bond donors (Lipinski definition) is 10. The van der Waals surface area contributed by atoms with E-state index in [0.29, 0.717) is 20.4 Å². The molecule has 4 aliphatic carbocycles. The van der Waals surface area contributed by atoms with Crippen LogP contribution in [-0.2, 0) is 90.6 Å². The molecule has 11 N–H and O–H groups in total. The van der Waals surface area contributed by atoms with Gasteiger partial charge in [-0.2, -0.15) is 0 Å². The lowest BCUT2D eigenvalue weighted by Gasteiger charge is -2.44. The number of carbonyl (C=O) groups excluding carboxylic acids is 14. The van der Waals surface area contributed by atoms with Gasteiger partial charge in [0, 0.05) is 37.1 Å². The Morgan fingerprint density at radius 2 is 0.728 bits per heavy atom. The van der Waals surface area contributed by atoms with Crippen molar-refractivity contribution in [1.29, 1.82) is 0 Å². The molecule has 32 heteroatoms. The van der Waals surface area contributed by atoms with Crippen LogP contribution >= 0.6 is 12.1 Å². The molecule has 10 rings (SSSR count). The Morgan fingerprint density at radius 3 is 1.10 bits per heavy atom. The molecule has 6 aromatic rings. The summed E-state index contributed by atoms with van der Waals surface area (Å²) in [6, 6.07) is 27.7. The molecule has 0 aromatic heterocycles. The number of fused-ring (bicyclic) bond motifs is 6. The van der Waals surface area contributed by atoms with Gasteiger partial charge in [-0.1, -0.05) is 234 Å². The Balaban J connectivity index is 0.987. The summed E-state index contributed by atoms with van der Waals surface area (Å²) in [5, 5.41) is 24.8. The molecule has 0 spiro atoms. The van der Waals surface area contributed by atoms with Crippen molar-refractivity contribution in [3.05, 3.63) is 180 Å². The van der Waals surface area contributed by atoms with Gasteiger partial charge in [0.05, 0.1) is 0 Å². The van der Waals surface area contributed by atoms with Crippen molar-refractivity contribution < 1.29 is 76.6 Å². The molecule has 0 saturated heterocycles. The highest BCUT2D eigenvalue weighted by Crippen LogP contribution is 2.64. The van der Waals surface area contributed by atoms with E-state index in [4.69, 9.17) is 38.8 Å². The summed E-state index contributed by atoms with van der Waals surface area (Å²) in [5.74, 6) is -13.0. The number of hydrogen-bond acceptors (Lipinski definition) is 18. The minimum atomic E-state index is -3.43. The summed E-state index contributed by atoms with van der Waals surface area (Å²) in [4.78, 5) is 207. The van der Waals surface area contributed by atoms with Crippen LogP contribution in [0.2, 0.25) is 0 Å². The number of nitrogens with one attached hydrogen (secondary N) is 9. The number of nitrogens with zero attached hydrogens (tertiary/aromatic N) is 2. The SMILES string of the molecule is CC(=O)N[C@@H](C)C(=O)NC(C)(C)C(=O)N[C@@H](C)C(=O)N(C(=O)OCC1c2ccccc2-c2ccccc21)[C@@H](CP(=S)(C1CCCCC1)C1CCCCC1)C(=O)N[C@@H](C)C(=O)N[C@@H](C)C(=O)N[C@H](C(=O)N(C(=O)OCC1c2ccccc2-c2ccccc21)[C@@H](CP(=S)(c1ccccc1)c1ccccc1)C(=O)N[C@@H](C)C(=O)NC(C)(C)C(=O)N[C@@H](C)C(N)=O)C(C)C. The van der Waals surface area contributed by atoms with Crippen molar-refractivity contribution in [3.8, 4) is 22.3 Å². The molecule has 0 radical (unpaired) electrons. The molecule has 668 valence electrons. The van der Waals surface area contributed by atoms with Crippen LogP contribution < -0.4 is 64.2 Å². The van der Waals surface area contributed by atoms with Gasteiger partial charge >= 0.3 is 12.2 Å². The standard InChI is InChI=1S/C93H118N12O16P2S2/c1-54(2)78(87(115)105(91(119)121-51-75-72-48-32-28-44-68(72)69-45-29-33-49-73(69)75)77(53-123(125,64-38-22-16-23-39-64)65-40-24-17-25-41-65)85(113)98-59(7)83(111)103-92(10,11)88(116)99-55(3)79(94)107)101-81(109)57(5)96-80(108)56(4)97-84(112)76(52-122(124,62-34-18-14-19-35-62)63-36-20-15-21-37-63)104(86(114)60(8)100-89(117)93(12,13)102-82(110)58(6)95-61(9)106)90(118)120-50-74-70-46-30-26-42-66(70)67-43-27-31-47-71(67)74/h16-17,22-33,38-49,54-60,62-63,74-78H,14-15,18-21,34-37,50-53H2,1-13H3,(H2,94,107)(H,95,106)(H,96,108)(H,97,112)(H,98,113)(H,99,116)(H,100,117)(H,101,109)(H,102,110)(H,103,111)/t55-,56-,57-,58-,59-,60-,76-,77-,78-/m0/s1. The van der Waals surface area contributed by atoms with E-state index in [2.05, 4.69) is 47.9 Å². The number of imide groups is 2. The number of carbonyl (C=O) groups is 14.